The molecule has 6 heteroatoms. The number of nitrogens with one attached hydrogen (secondary N) is 2. The lowest BCUT2D eigenvalue weighted by Gasteiger charge is -2.08. The van der Waals surface area contributed by atoms with Crippen LogP contribution in [0.4, 0.5) is 5.00 Å². The highest BCUT2D eigenvalue weighted by Crippen LogP contribution is 2.22. The molecule has 104 valence electrons. The topological polar surface area (TPSA) is 50.4 Å². The standard InChI is InChI=1S/C14H14N2O2S2/c1-18-13(17)11-7-8-12(20-11)16-14(19)15-9-10-5-3-2-4-6-10/h2-8H,9H2,1H3,(H2,15,16,19). The Kier molecular flexibility index (Phi) is 5.09. The summed E-state index contributed by atoms with van der Waals surface area (Å²) in [6.45, 7) is 0.655. The van der Waals surface area contributed by atoms with Gasteiger partial charge in [0.15, 0.2) is 5.11 Å². The van der Waals surface area contributed by atoms with Crippen molar-refractivity contribution in [2.24, 2.45) is 0 Å². The fourth-order valence-corrected chi connectivity index (χ4v) is 2.63. The number of thiocarbonyl (C=S) groups is 1. The Morgan fingerprint density at radius 1 is 1.25 bits per heavy atom. The molecule has 0 spiro atoms. The van der Waals surface area contributed by atoms with Gasteiger partial charge in [0.2, 0.25) is 0 Å². The van der Waals surface area contributed by atoms with E-state index in [9.17, 15) is 4.79 Å². The molecule has 0 aliphatic heterocycles. The number of ether oxygens (including phenoxy) is 1. The van der Waals surface area contributed by atoms with E-state index in [1.165, 1.54) is 18.4 Å². The van der Waals surface area contributed by atoms with Crippen molar-refractivity contribution in [3.63, 3.8) is 0 Å². The van der Waals surface area contributed by atoms with Gasteiger partial charge in [0.25, 0.3) is 0 Å². The Bertz CT molecular complexity index is 596. The van der Waals surface area contributed by atoms with Gasteiger partial charge in [-0.2, -0.15) is 0 Å². The first-order chi connectivity index (χ1) is 9.69. The van der Waals surface area contributed by atoms with Crippen LogP contribution in [0.1, 0.15) is 15.2 Å². The molecule has 20 heavy (non-hydrogen) atoms. The zero-order valence-corrected chi connectivity index (χ0v) is 12.5. The molecular weight excluding hydrogens is 292 g/mol. The van der Waals surface area contributed by atoms with Crippen molar-refractivity contribution in [3.8, 4) is 0 Å². The molecule has 0 radical (unpaired) electrons. The molecule has 0 amide bonds. The molecule has 0 saturated heterocycles. The number of carbonyl (C=O) groups is 1. The third-order valence-corrected chi connectivity index (χ3v) is 3.75. The van der Waals surface area contributed by atoms with Crippen LogP contribution >= 0.6 is 23.6 Å². The van der Waals surface area contributed by atoms with Crippen LogP contribution in [0.15, 0.2) is 42.5 Å². The first-order valence-corrected chi connectivity index (χ1v) is 7.18. The number of anilines is 1. The van der Waals surface area contributed by atoms with Crippen molar-refractivity contribution in [1.29, 1.82) is 0 Å². The van der Waals surface area contributed by atoms with Gasteiger partial charge < -0.3 is 15.4 Å². The van der Waals surface area contributed by atoms with Gasteiger partial charge >= 0.3 is 5.97 Å². The first kappa shape index (κ1) is 14.5. The van der Waals surface area contributed by atoms with Crippen LogP contribution in [0, 0.1) is 0 Å². The van der Waals surface area contributed by atoms with Gasteiger partial charge in [-0.3, -0.25) is 0 Å². The Labute approximate surface area is 126 Å². The lowest BCUT2D eigenvalue weighted by atomic mass is 10.2. The number of hydrogen-bond donors (Lipinski definition) is 2. The number of esters is 1. The second-order valence-corrected chi connectivity index (χ2v) is 5.44. The molecular formula is C14H14N2O2S2. The number of hydrogen-bond acceptors (Lipinski definition) is 4. The molecule has 2 aromatic rings. The van der Waals surface area contributed by atoms with Crippen molar-refractivity contribution in [3.05, 3.63) is 52.9 Å². The maximum Gasteiger partial charge on any atom is 0.348 e. The SMILES string of the molecule is COC(=O)c1ccc(NC(=S)NCc2ccccc2)s1. The molecule has 0 unspecified atom stereocenters. The second kappa shape index (κ2) is 7.02. The fraction of sp³-hybridized carbons (Fsp3) is 0.143. The zero-order chi connectivity index (χ0) is 14.4. The summed E-state index contributed by atoms with van der Waals surface area (Å²) in [6, 6.07) is 13.5. The minimum Gasteiger partial charge on any atom is -0.465 e. The van der Waals surface area contributed by atoms with Crippen LogP contribution in [0.3, 0.4) is 0 Å². The molecule has 0 fully saturated rings. The largest absolute Gasteiger partial charge is 0.465 e. The molecule has 1 aromatic carbocycles. The van der Waals surface area contributed by atoms with E-state index in [1.54, 1.807) is 12.1 Å². The average molecular weight is 306 g/mol. The summed E-state index contributed by atoms with van der Waals surface area (Å²) in [7, 11) is 1.36. The lowest BCUT2D eigenvalue weighted by molar-refractivity contribution is 0.0606. The van der Waals surface area contributed by atoms with Gasteiger partial charge in [-0.15, -0.1) is 11.3 Å². The van der Waals surface area contributed by atoms with Gasteiger partial charge in [-0.05, 0) is 29.9 Å². The smallest absolute Gasteiger partial charge is 0.348 e. The Balaban J connectivity index is 1.85. The van der Waals surface area contributed by atoms with Crippen molar-refractivity contribution >= 4 is 39.6 Å². The third-order valence-electron chi connectivity index (χ3n) is 2.53. The summed E-state index contributed by atoms with van der Waals surface area (Å²) in [4.78, 5) is 11.9. The first-order valence-electron chi connectivity index (χ1n) is 5.96. The summed E-state index contributed by atoms with van der Waals surface area (Å²) < 4.78 is 4.66. The van der Waals surface area contributed by atoms with E-state index >= 15 is 0 Å². The van der Waals surface area contributed by atoms with Gasteiger partial charge in [-0.25, -0.2) is 4.79 Å². The van der Waals surface area contributed by atoms with Gasteiger partial charge in [0.05, 0.1) is 12.1 Å². The van der Waals surface area contributed by atoms with E-state index in [4.69, 9.17) is 12.2 Å². The van der Waals surface area contributed by atoms with E-state index in [0.29, 0.717) is 16.5 Å². The number of rotatable bonds is 4. The quantitative estimate of drug-likeness (QED) is 0.672. The molecule has 4 nitrogen and oxygen atoms in total. The third kappa shape index (κ3) is 4.04. The van der Waals surface area contributed by atoms with Crippen molar-refractivity contribution in [2.45, 2.75) is 6.54 Å². The summed E-state index contributed by atoms with van der Waals surface area (Å²) in [6.07, 6.45) is 0. The molecule has 1 aromatic heterocycles. The van der Waals surface area contributed by atoms with Crippen LogP contribution in [0.5, 0.6) is 0 Å². The molecule has 0 aliphatic rings. The summed E-state index contributed by atoms with van der Waals surface area (Å²) in [5.41, 5.74) is 1.15. The van der Waals surface area contributed by atoms with Crippen LogP contribution in [-0.2, 0) is 11.3 Å². The van der Waals surface area contributed by atoms with E-state index in [2.05, 4.69) is 15.4 Å². The van der Waals surface area contributed by atoms with Crippen LogP contribution in [0.2, 0.25) is 0 Å². The van der Waals surface area contributed by atoms with Crippen LogP contribution < -0.4 is 10.6 Å². The molecule has 1 heterocycles. The number of thiophene rings is 1. The Morgan fingerprint density at radius 2 is 2.00 bits per heavy atom. The number of carbonyl (C=O) groups excluding carboxylic acids is 1. The second-order valence-electron chi connectivity index (χ2n) is 3.95. The van der Waals surface area contributed by atoms with Gasteiger partial charge in [0.1, 0.15) is 4.88 Å². The van der Waals surface area contributed by atoms with Gasteiger partial charge in [0, 0.05) is 6.54 Å². The molecule has 0 bridgehead atoms. The molecule has 0 saturated carbocycles. The average Bonchev–Trinajstić information content (AvgIpc) is 2.94. The van der Waals surface area contributed by atoms with E-state index < -0.39 is 0 Å². The summed E-state index contributed by atoms with van der Waals surface area (Å²) >= 11 is 6.51. The molecule has 0 atom stereocenters. The lowest BCUT2D eigenvalue weighted by Crippen LogP contribution is -2.27. The van der Waals surface area contributed by atoms with Crippen molar-refractivity contribution < 1.29 is 9.53 Å². The van der Waals surface area contributed by atoms with E-state index in [1.807, 2.05) is 30.3 Å². The predicted octanol–water partition coefficient (Wildman–Crippen LogP) is 3.02. The number of benzene rings is 1. The Morgan fingerprint density at radius 3 is 2.70 bits per heavy atom. The van der Waals surface area contributed by atoms with Crippen molar-refractivity contribution in [2.75, 3.05) is 12.4 Å². The minimum atomic E-state index is -0.341. The summed E-state index contributed by atoms with van der Waals surface area (Å²) in [5, 5.41) is 7.48. The maximum absolute atomic E-state index is 11.3. The predicted molar refractivity (Wildman–Crippen MR) is 85.2 cm³/mol. The summed E-state index contributed by atoms with van der Waals surface area (Å²) in [5.74, 6) is -0.341. The molecule has 0 aliphatic carbocycles. The van der Waals surface area contributed by atoms with Crippen LogP contribution in [0.25, 0.3) is 0 Å². The maximum atomic E-state index is 11.3. The molecule has 2 N–H and O–H groups in total. The highest BCUT2D eigenvalue weighted by atomic mass is 32.1. The Hall–Kier alpha value is -1.92. The minimum absolute atomic E-state index is 0.341. The normalized spacial score (nSPS) is 9.85. The van der Waals surface area contributed by atoms with Crippen LogP contribution in [-0.4, -0.2) is 18.2 Å². The van der Waals surface area contributed by atoms with E-state index in [-0.39, 0.29) is 5.97 Å². The number of methoxy groups -OCH3 is 1. The monoisotopic (exact) mass is 306 g/mol. The van der Waals surface area contributed by atoms with Gasteiger partial charge in [-0.1, -0.05) is 30.3 Å². The highest BCUT2D eigenvalue weighted by molar-refractivity contribution is 7.80. The highest BCUT2D eigenvalue weighted by Gasteiger charge is 2.09. The zero-order valence-electron chi connectivity index (χ0n) is 10.9. The molecule has 2 rings (SSSR count). The van der Waals surface area contributed by atoms with Crippen molar-refractivity contribution in [1.82, 2.24) is 5.32 Å². The van der Waals surface area contributed by atoms with E-state index in [0.717, 1.165) is 10.6 Å². The fourth-order valence-electron chi connectivity index (χ4n) is 1.55.